The SMILES string of the molecule is C#CC1CC(=O)N(c2nnc(CCCC)s2)C1. The average Bonchev–Trinajstić information content (AvgIpc) is 2.92. The van der Waals surface area contributed by atoms with E-state index in [0.29, 0.717) is 18.1 Å². The van der Waals surface area contributed by atoms with Crippen LogP contribution in [-0.2, 0) is 11.2 Å². The molecule has 1 aromatic heterocycles. The van der Waals surface area contributed by atoms with Crippen molar-refractivity contribution in [2.24, 2.45) is 5.92 Å². The molecular weight excluding hydrogens is 234 g/mol. The first kappa shape index (κ1) is 12.1. The van der Waals surface area contributed by atoms with E-state index < -0.39 is 0 Å². The van der Waals surface area contributed by atoms with Crippen LogP contribution in [0.5, 0.6) is 0 Å². The molecule has 1 aromatic rings. The number of unbranched alkanes of at least 4 members (excludes halogenated alkanes) is 1. The van der Waals surface area contributed by atoms with E-state index in [-0.39, 0.29) is 11.8 Å². The van der Waals surface area contributed by atoms with Gasteiger partial charge in [-0.15, -0.1) is 22.5 Å². The van der Waals surface area contributed by atoms with Crippen LogP contribution in [0.4, 0.5) is 5.13 Å². The van der Waals surface area contributed by atoms with Gasteiger partial charge in [-0.1, -0.05) is 24.7 Å². The molecular formula is C12H15N3OS. The lowest BCUT2D eigenvalue weighted by Gasteiger charge is -2.09. The highest BCUT2D eigenvalue weighted by molar-refractivity contribution is 7.15. The van der Waals surface area contributed by atoms with Gasteiger partial charge in [-0.05, 0) is 6.42 Å². The fourth-order valence-electron chi connectivity index (χ4n) is 1.79. The van der Waals surface area contributed by atoms with Crippen molar-refractivity contribution in [3.8, 4) is 12.3 Å². The van der Waals surface area contributed by atoms with E-state index >= 15 is 0 Å². The number of hydrogen-bond acceptors (Lipinski definition) is 4. The molecule has 17 heavy (non-hydrogen) atoms. The molecule has 0 aromatic carbocycles. The third-order valence-electron chi connectivity index (χ3n) is 2.79. The minimum absolute atomic E-state index is 0.0190. The van der Waals surface area contributed by atoms with Crippen molar-refractivity contribution in [1.29, 1.82) is 0 Å². The summed E-state index contributed by atoms with van der Waals surface area (Å²) in [5.41, 5.74) is 0. The number of aryl methyl sites for hydroxylation is 1. The first-order chi connectivity index (χ1) is 8.24. The lowest BCUT2D eigenvalue weighted by molar-refractivity contribution is -0.117. The van der Waals surface area contributed by atoms with Crippen LogP contribution in [-0.4, -0.2) is 22.6 Å². The largest absolute Gasteiger partial charge is 0.285 e. The van der Waals surface area contributed by atoms with Crippen molar-refractivity contribution in [3.05, 3.63) is 5.01 Å². The number of amides is 1. The summed E-state index contributed by atoms with van der Waals surface area (Å²) in [6.07, 6.45) is 8.96. The Morgan fingerprint density at radius 2 is 2.41 bits per heavy atom. The highest BCUT2D eigenvalue weighted by atomic mass is 32.1. The van der Waals surface area contributed by atoms with Crippen molar-refractivity contribution in [2.45, 2.75) is 32.6 Å². The summed E-state index contributed by atoms with van der Waals surface area (Å²) in [7, 11) is 0. The normalized spacial score (nSPS) is 19.6. The van der Waals surface area contributed by atoms with E-state index in [1.54, 1.807) is 4.90 Å². The van der Waals surface area contributed by atoms with E-state index in [4.69, 9.17) is 6.42 Å². The zero-order valence-corrected chi connectivity index (χ0v) is 10.7. The maximum absolute atomic E-state index is 11.7. The molecule has 2 heterocycles. The van der Waals surface area contributed by atoms with Gasteiger partial charge < -0.3 is 0 Å². The molecule has 1 atom stereocenters. The Balaban J connectivity index is 2.05. The summed E-state index contributed by atoms with van der Waals surface area (Å²) >= 11 is 1.50. The third kappa shape index (κ3) is 2.64. The highest BCUT2D eigenvalue weighted by Crippen LogP contribution is 2.27. The quantitative estimate of drug-likeness (QED) is 0.765. The molecule has 1 amide bonds. The van der Waals surface area contributed by atoms with Gasteiger partial charge in [-0.3, -0.25) is 9.69 Å². The summed E-state index contributed by atoms with van der Waals surface area (Å²) in [4.78, 5) is 13.4. The maximum atomic E-state index is 11.7. The van der Waals surface area contributed by atoms with Gasteiger partial charge in [0.15, 0.2) is 0 Å². The lowest BCUT2D eigenvalue weighted by atomic mass is 10.1. The first-order valence-electron chi connectivity index (χ1n) is 5.83. The number of terminal acetylenes is 1. The molecule has 90 valence electrons. The van der Waals surface area contributed by atoms with Crippen LogP contribution in [0.2, 0.25) is 0 Å². The molecule has 0 saturated carbocycles. The topological polar surface area (TPSA) is 46.1 Å². The van der Waals surface area contributed by atoms with E-state index in [1.165, 1.54) is 11.3 Å². The number of carbonyl (C=O) groups is 1. The Hall–Kier alpha value is -1.41. The molecule has 2 rings (SSSR count). The molecule has 1 saturated heterocycles. The average molecular weight is 249 g/mol. The van der Waals surface area contributed by atoms with Crippen molar-refractivity contribution in [3.63, 3.8) is 0 Å². The number of aromatic nitrogens is 2. The van der Waals surface area contributed by atoms with Crippen molar-refractivity contribution in [2.75, 3.05) is 11.4 Å². The Morgan fingerprint density at radius 3 is 3.06 bits per heavy atom. The number of anilines is 1. The second-order valence-corrected chi connectivity index (χ2v) is 5.19. The summed E-state index contributed by atoms with van der Waals surface area (Å²) in [6.45, 7) is 2.72. The van der Waals surface area contributed by atoms with Gasteiger partial charge in [0.1, 0.15) is 5.01 Å². The van der Waals surface area contributed by atoms with E-state index in [9.17, 15) is 4.79 Å². The Labute approximate surface area is 105 Å². The van der Waals surface area contributed by atoms with E-state index in [1.807, 2.05) is 0 Å². The zero-order valence-electron chi connectivity index (χ0n) is 9.85. The van der Waals surface area contributed by atoms with Crippen molar-refractivity contribution in [1.82, 2.24) is 10.2 Å². The van der Waals surface area contributed by atoms with Crippen LogP contribution in [0, 0.1) is 18.3 Å². The zero-order chi connectivity index (χ0) is 12.3. The summed E-state index contributed by atoms with van der Waals surface area (Å²) < 4.78 is 0. The van der Waals surface area contributed by atoms with Crippen LogP contribution in [0.25, 0.3) is 0 Å². The first-order valence-corrected chi connectivity index (χ1v) is 6.65. The van der Waals surface area contributed by atoms with Crippen LogP contribution in [0.1, 0.15) is 31.2 Å². The fourth-order valence-corrected chi connectivity index (χ4v) is 2.69. The predicted molar refractivity (Wildman–Crippen MR) is 67.8 cm³/mol. The van der Waals surface area contributed by atoms with Gasteiger partial charge in [-0.25, -0.2) is 0 Å². The summed E-state index contributed by atoms with van der Waals surface area (Å²) in [6, 6.07) is 0. The molecule has 1 aliphatic rings. The highest BCUT2D eigenvalue weighted by Gasteiger charge is 2.31. The number of carbonyl (C=O) groups excluding carboxylic acids is 1. The molecule has 0 spiro atoms. The Bertz CT molecular complexity index is 449. The lowest BCUT2D eigenvalue weighted by Crippen LogP contribution is -2.24. The van der Waals surface area contributed by atoms with Crippen LogP contribution < -0.4 is 4.90 Å². The van der Waals surface area contributed by atoms with Gasteiger partial charge in [0.25, 0.3) is 0 Å². The third-order valence-corrected chi connectivity index (χ3v) is 3.80. The van der Waals surface area contributed by atoms with Gasteiger partial charge in [0.05, 0.1) is 0 Å². The van der Waals surface area contributed by atoms with E-state index in [0.717, 1.165) is 24.3 Å². The standard InChI is InChI=1S/C12H15N3OS/c1-3-5-6-10-13-14-12(17-10)15-8-9(4-2)7-11(15)16/h2,9H,3,5-8H2,1H3. The van der Waals surface area contributed by atoms with Gasteiger partial charge in [0.2, 0.25) is 11.0 Å². The molecule has 0 radical (unpaired) electrons. The second-order valence-electron chi connectivity index (χ2n) is 4.15. The second kappa shape index (κ2) is 5.28. The molecule has 1 unspecified atom stereocenters. The van der Waals surface area contributed by atoms with Gasteiger partial charge in [0, 0.05) is 25.3 Å². The summed E-state index contributed by atoms with van der Waals surface area (Å²) in [5, 5.41) is 9.87. The predicted octanol–water partition coefficient (Wildman–Crippen LogP) is 1.87. The van der Waals surface area contributed by atoms with Crippen molar-refractivity contribution >= 4 is 22.4 Å². The maximum Gasteiger partial charge on any atom is 0.230 e. The molecule has 0 aliphatic carbocycles. The Morgan fingerprint density at radius 1 is 1.59 bits per heavy atom. The van der Waals surface area contributed by atoms with Crippen LogP contribution in [0.3, 0.4) is 0 Å². The molecule has 4 nitrogen and oxygen atoms in total. The molecule has 1 aliphatic heterocycles. The smallest absolute Gasteiger partial charge is 0.230 e. The number of rotatable bonds is 4. The van der Waals surface area contributed by atoms with Crippen LogP contribution in [0.15, 0.2) is 0 Å². The fraction of sp³-hybridized carbons (Fsp3) is 0.583. The molecule has 1 fully saturated rings. The number of nitrogens with zero attached hydrogens (tertiary/aromatic N) is 3. The monoisotopic (exact) mass is 249 g/mol. The van der Waals surface area contributed by atoms with Crippen molar-refractivity contribution < 1.29 is 4.79 Å². The minimum Gasteiger partial charge on any atom is -0.285 e. The molecule has 0 N–H and O–H groups in total. The summed E-state index contributed by atoms with van der Waals surface area (Å²) in [5.74, 6) is 2.71. The molecule has 0 bridgehead atoms. The minimum atomic E-state index is 0.0190. The molecule has 5 heteroatoms. The van der Waals surface area contributed by atoms with E-state index in [2.05, 4.69) is 23.0 Å². The van der Waals surface area contributed by atoms with Gasteiger partial charge >= 0.3 is 0 Å². The Kier molecular flexibility index (Phi) is 3.75. The van der Waals surface area contributed by atoms with Gasteiger partial charge in [-0.2, -0.15) is 0 Å². The van der Waals surface area contributed by atoms with Crippen LogP contribution >= 0.6 is 11.3 Å². The number of hydrogen-bond donors (Lipinski definition) is 0.